The van der Waals surface area contributed by atoms with Crippen molar-refractivity contribution in [2.75, 3.05) is 6.61 Å². The third-order valence-corrected chi connectivity index (χ3v) is 2.15. The maximum absolute atomic E-state index is 9.67. The van der Waals surface area contributed by atoms with Crippen LogP contribution in [0.3, 0.4) is 0 Å². The first-order chi connectivity index (χ1) is 5.77. The molecular formula is C10H22O3. The van der Waals surface area contributed by atoms with E-state index in [9.17, 15) is 10.2 Å². The Labute approximate surface area is 80.4 Å². The fourth-order valence-electron chi connectivity index (χ4n) is 1.27. The van der Waals surface area contributed by atoms with E-state index in [2.05, 4.69) is 0 Å². The molecule has 0 aromatic carbocycles. The Kier molecular flexibility index (Phi) is 4.89. The van der Waals surface area contributed by atoms with E-state index in [0.29, 0.717) is 19.3 Å². The average molecular weight is 190 g/mol. The van der Waals surface area contributed by atoms with Crippen molar-refractivity contribution in [1.29, 1.82) is 0 Å². The first-order valence-corrected chi connectivity index (χ1v) is 4.82. The van der Waals surface area contributed by atoms with Crippen molar-refractivity contribution in [2.45, 2.75) is 57.7 Å². The molecule has 0 saturated heterocycles. The summed E-state index contributed by atoms with van der Waals surface area (Å²) in [5.74, 6) is 0. The van der Waals surface area contributed by atoms with Crippen molar-refractivity contribution in [1.82, 2.24) is 0 Å². The van der Waals surface area contributed by atoms with Crippen LogP contribution in [0, 0.1) is 0 Å². The van der Waals surface area contributed by atoms with Crippen LogP contribution >= 0.6 is 0 Å². The molecule has 0 aliphatic carbocycles. The van der Waals surface area contributed by atoms with Crippen molar-refractivity contribution < 1.29 is 15.3 Å². The van der Waals surface area contributed by atoms with Gasteiger partial charge >= 0.3 is 0 Å². The summed E-state index contributed by atoms with van der Waals surface area (Å²) in [5.41, 5.74) is -1.45. The van der Waals surface area contributed by atoms with Crippen LogP contribution in [0.25, 0.3) is 0 Å². The predicted octanol–water partition coefficient (Wildman–Crippen LogP) is 1.06. The third kappa shape index (κ3) is 8.22. The molecule has 0 saturated carbocycles. The highest BCUT2D eigenvalue weighted by molar-refractivity contribution is 4.74. The maximum atomic E-state index is 9.67. The molecule has 0 aromatic rings. The zero-order chi connectivity index (χ0) is 10.5. The van der Waals surface area contributed by atoms with Crippen molar-refractivity contribution in [2.24, 2.45) is 0 Å². The van der Waals surface area contributed by atoms with E-state index in [1.807, 2.05) is 0 Å². The van der Waals surface area contributed by atoms with Crippen LogP contribution in [-0.4, -0.2) is 33.1 Å². The van der Waals surface area contributed by atoms with Gasteiger partial charge in [0.15, 0.2) is 0 Å². The van der Waals surface area contributed by atoms with Crippen LogP contribution in [0.4, 0.5) is 0 Å². The molecule has 0 rings (SSSR count). The molecular weight excluding hydrogens is 168 g/mol. The lowest BCUT2D eigenvalue weighted by Crippen LogP contribution is -2.27. The lowest BCUT2D eigenvalue weighted by molar-refractivity contribution is 0.0125. The number of hydrogen-bond donors (Lipinski definition) is 3. The number of aliphatic hydroxyl groups is 3. The van der Waals surface area contributed by atoms with Gasteiger partial charge in [-0.05, 0) is 46.5 Å². The van der Waals surface area contributed by atoms with Crippen LogP contribution < -0.4 is 0 Å². The molecule has 0 aromatic heterocycles. The Hall–Kier alpha value is -0.120. The van der Waals surface area contributed by atoms with Gasteiger partial charge in [0.1, 0.15) is 0 Å². The van der Waals surface area contributed by atoms with Gasteiger partial charge in [-0.2, -0.15) is 0 Å². The Bertz CT molecular complexity index is 136. The van der Waals surface area contributed by atoms with Gasteiger partial charge in [0.05, 0.1) is 11.2 Å². The van der Waals surface area contributed by atoms with Gasteiger partial charge in [0, 0.05) is 6.61 Å². The van der Waals surface area contributed by atoms with Gasteiger partial charge in [0.25, 0.3) is 0 Å². The van der Waals surface area contributed by atoms with E-state index < -0.39 is 11.2 Å². The van der Waals surface area contributed by atoms with Crippen molar-refractivity contribution in [3.05, 3.63) is 0 Å². The van der Waals surface area contributed by atoms with E-state index in [-0.39, 0.29) is 6.61 Å². The molecule has 0 aliphatic heterocycles. The summed E-state index contributed by atoms with van der Waals surface area (Å²) >= 11 is 0. The molecule has 0 fully saturated rings. The predicted molar refractivity (Wildman–Crippen MR) is 52.5 cm³/mol. The number of aliphatic hydroxyl groups excluding tert-OH is 1. The molecule has 3 N–H and O–H groups in total. The first kappa shape index (κ1) is 12.9. The highest BCUT2D eigenvalue weighted by Gasteiger charge is 2.21. The van der Waals surface area contributed by atoms with Crippen LogP contribution in [0.2, 0.25) is 0 Å². The Balaban J connectivity index is 3.63. The lowest BCUT2D eigenvalue weighted by Gasteiger charge is -2.24. The summed E-state index contributed by atoms with van der Waals surface area (Å²) in [6.07, 6.45) is 2.47. The van der Waals surface area contributed by atoms with Gasteiger partial charge in [-0.25, -0.2) is 0 Å². The molecule has 80 valence electrons. The summed E-state index contributed by atoms with van der Waals surface area (Å²) < 4.78 is 0. The van der Waals surface area contributed by atoms with Gasteiger partial charge in [0.2, 0.25) is 0 Å². The van der Waals surface area contributed by atoms with E-state index in [1.54, 1.807) is 20.8 Å². The molecule has 3 heteroatoms. The topological polar surface area (TPSA) is 60.7 Å². The Morgan fingerprint density at radius 2 is 1.46 bits per heavy atom. The number of rotatable bonds is 6. The minimum atomic E-state index is -0.792. The highest BCUT2D eigenvalue weighted by Crippen LogP contribution is 2.20. The molecule has 0 heterocycles. The van der Waals surface area contributed by atoms with Gasteiger partial charge in [-0.3, -0.25) is 0 Å². The minimum Gasteiger partial charge on any atom is -0.396 e. The van der Waals surface area contributed by atoms with Gasteiger partial charge < -0.3 is 15.3 Å². The molecule has 1 unspecified atom stereocenters. The van der Waals surface area contributed by atoms with Crippen LogP contribution in [0.1, 0.15) is 46.5 Å². The SMILES string of the molecule is CC(C)(O)CCCC(C)(O)CCO. The Morgan fingerprint density at radius 3 is 1.85 bits per heavy atom. The van der Waals surface area contributed by atoms with E-state index >= 15 is 0 Å². The zero-order valence-corrected chi connectivity index (χ0v) is 8.88. The first-order valence-electron chi connectivity index (χ1n) is 4.82. The lowest BCUT2D eigenvalue weighted by atomic mass is 9.92. The summed E-state index contributed by atoms with van der Waals surface area (Å²) in [6, 6.07) is 0. The van der Waals surface area contributed by atoms with E-state index in [0.717, 1.165) is 6.42 Å². The van der Waals surface area contributed by atoms with Crippen molar-refractivity contribution in [3.8, 4) is 0 Å². The molecule has 0 amide bonds. The van der Waals surface area contributed by atoms with Gasteiger partial charge in [-0.1, -0.05) is 0 Å². The summed E-state index contributed by atoms with van der Waals surface area (Å²) in [4.78, 5) is 0. The fourth-order valence-corrected chi connectivity index (χ4v) is 1.27. The summed E-state index contributed by atoms with van der Waals surface area (Å²) in [6.45, 7) is 5.24. The molecule has 1 atom stereocenters. The summed E-state index contributed by atoms with van der Waals surface area (Å²) in [5, 5.41) is 27.7. The molecule has 0 spiro atoms. The highest BCUT2D eigenvalue weighted by atomic mass is 16.3. The van der Waals surface area contributed by atoms with Crippen LogP contribution in [0.15, 0.2) is 0 Å². The van der Waals surface area contributed by atoms with E-state index in [1.165, 1.54) is 0 Å². The maximum Gasteiger partial charge on any atom is 0.0641 e. The average Bonchev–Trinajstić information content (AvgIpc) is 1.82. The van der Waals surface area contributed by atoms with Crippen molar-refractivity contribution in [3.63, 3.8) is 0 Å². The quantitative estimate of drug-likeness (QED) is 0.587. The largest absolute Gasteiger partial charge is 0.396 e. The monoisotopic (exact) mass is 190 g/mol. The van der Waals surface area contributed by atoms with Crippen molar-refractivity contribution >= 4 is 0 Å². The van der Waals surface area contributed by atoms with Crippen LogP contribution in [-0.2, 0) is 0 Å². The third-order valence-electron chi connectivity index (χ3n) is 2.15. The number of hydrogen-bond acceptors (Lipinski definition) is 3. The summed E-state index contributed by atoms with van der Waals surface area (Å²) in [7, 11) is 0. The smallest absolute Gasteiger partial charge is 0.0641 e. The second-order valence-electron chi connectivity index (χ2n) is 4.64. The second kappa shape index (κ2) is 4.94. The molecule has 0 bridgehead atoms. The molecule has 3 nitrogen and oxygen atoms in total. The zero-order valence-electron chi connectivity index (χ0n) is 8.88. The Morgan fingerprint density at radius 1 is 0.923 bits per heavy atom. The van der Waals surface area contributed by atoms with Crippen LogP contribution in [0.5, 0.6) is 0 Å². The van der Waals surface area contributed by atoms with Gasteiger partial charge in [-0.15, -0.1) is 0 Å². The molecule has 0 aliphatic rings. The molecule has 0 radical (unpaired) electrons. The normalized spacial score (nSPS) is 17.1. The fraction of sp³-hybridized carbons (Fsp3) is 1.00. The molecule has 13 heavy (non-hydrogen) atoms. The van der Waals surface area contributed by atoms with E-state index in [4.69, 9.17) is 5.11 Å². The standard InChI is InChI=1S/C10H22O3/c1-9(2,12)5-4-6-10(3,13)7-8-11/h11-13H,4-8H2,1-3H3. The minimum absolute atomic E-state index is 0.00944. The second-order valence-corrected chi connectivity index (χ2v) is 4.64.